The van der Waals surface area contributed by atoms with Crippen molar-refractivity contribution in [2.24, 2.45) is 5.73 Å². The molecule has 0 aromatic heterocycles. The van der Waals surface area contributed by atoms with Crippen molar-refractivity contribution < 1.29 is 16.5 Å². The summed E-state index contributed by atoms with van der Waals surface area (Å²) in [6.45, 7) is 0. The average Bonchev–Trinajstić information content (AvgIpc) is 2.54. The SMILES string of the molecule is [Cl][Pt+2][Cl].[N-]=C([NH-])c1ccc(C=Cc2ccc(C(=N)N)cc2)cc1. The molecule has 0 aliphatic rings. The number of nitrogens with two attached hydrogens (primary N) is 1. The maximum Gasteiger partial charge on any atom is 0.122 e. The van der Waals surface area contributed by atoms with Gasteiger partial charge in [-0.05, 0) is 11.1 Å². The molecule has 2 rings (SSSR count). The summed E-state index contributed by atoms with van der Waals surface area (Å²) >= 11 is -0.472. The first-order valence-electron chi connectivity index (χ1n) is 6.30. The van der Waals surface area contributed by atoms with E-state index in [-0.39, 0.29) is 5.84 Å². The number of nitrogens with zero attached hydrogens (tertiary/aromatic N) is 1. The van der Waals surface area contributed by atoms with Crippen LogP contribution in [0.15, 0.2) is 48.5 Å². The summed E-state index contributed by atoms with van der Waals surface area (Å²) in [6, 6.07) is 14.5. The molecule has 4 N–H and O–H groups in total. The van der Waals surface area contributed by atoms with Crippen molar-refractivity contribution in [3.63, 3.8) is 0 Å². The van der Waals surface area contributed by atoms with E-state index in [4.69, 9.17) is 41.1 Å². The van der Waals surface area contributed by atoms with E-state index in [1.54, 1.807) is 24.3 Å². The minimum absolute atomic E-state index is 0.0579. The second-order valence-corrected chi connectivity index (χ2v) is 7.67. The summed E-state index contributed by atoms with van der Waals surface area (Å²) in [4.78, 5) is 0. The molecule has 0 amide bonds. The molecule has 0 spiro atoms. The summed E-state index contributed by atoms with van der Waals surface area (Å²) in [6.07, 6.45) is 3.89. The quantitative estimate of drug-likeness (QED) is 0.330. The summed E-state index contributed by atoms with van der Waals surface area (Å²) in [5.41, 5.74) is 15.7. The van der Waals surface area contributed by atoms with Crippen molar-refractivity contribution in [1.82, 2.24) is 0 Å². The fourth-order valence-electron chi connectivity index (χ4n) is 1.72. The Balaban J connectivity index is 0.000000816. The Morgan fingerprint density at radius 3 is 1.61 bits per heavy atom. The molecule has 0 atom stereocenters. The van der Waals surface area contributed by atoms with E-state index in [1.807, 2.05) is 36.4 Å². The number of hydrogen-bond donors (Lipinski definition) is 2. The molecule has 0 unspecified atom stereocenters. The molecule has 4 nitrogen and oxygen atoms in total. The van der Waals surface area contributed by atoms with Gasteiger partial charge in [-0.25, -0.2) is 0 Å². The molecule has 23 heavy (non-hydrogen) atoms. The molecule has 7 heteroatoms. The second-order valence-electron chi connectivity index (χ2n) is 4.38. The first-order valence-corrected chi connectivity index (χ1v) is 11.9. The molecule has 0 heterocycles. The van der Waals surface area contributed by atoms with Crippen LogP contribution >= 0.6 is 18.8 Å². The van der Waals surface area contributed by atoms with Gasteiger partial charge in [0.05, 0.1) is 0 Å². The Morgan fingerprint density at radius 2 is 1.30 bits per heavy atom. The third-order valence-electron chi connectivity index (χ3n) is 2.87. The summed E-state index contributed by atoms with van der Waals surface area (Å²) in [7, 11) is 9.75. The third kappa shape index (κ3) is 7.00. The predicted octanol–water partition coefficient (Wildman–Crippen LogP) is 4.89. The van der Waals surface area contributed by atoms with E-state index in [2.05, 4.69) is 0 Å². The van der Waals surface area contributed by atoms with Gasteiger partial charge in [0.1, 0.15) is 5.84 Å². The van der Waals surface area contributed by atoms with E-state index in [0.717, 1.165) is 11.1 Å². The Labute approximate surface area is 151 Å². The number of nitrogens with one attached hydrogen (secondary N) is 2. The Morgan fingerprint density at radius 1 is 0.957 bits per heavy atom. The van der Waals surface area contributed by atoms with Crippen LogP contribution in [0.25, 0.3) is 23.3 Å². The van der Waals surface area contributed by atoms with E-state index in [9.17, 15) is 0 Å². The van der Waals surface area contributed by atoms with Gasteiger partial charge in [0.2, 0.25) is 0 Å². The van der Waals surface area contributed by atoms with Crippen molar-refractivity contribution in [3.05, 3.63) is 81.9 Å². The minimum atomic E-state index is -0.472. The molecule has 2 aromatic rings. The van der Waals surface area contributed by atoms with E-state index < -0.39 is 22.3 Å². The first-order chi connectivity index (χ1) is 11.0. The summed E-state index contributed by atoms with van der Waals surface area (Å²) < 4.78 is 0. The van der Waals surface area contributed by atoms with Crippen LogP contribution in [0.3, 0.4) is 0 Å². The molecule has 0 aliphatic carbocycles. The largest absolute Gasteiger partial charge is 0.824 e. The van der Waals surface area contributed by atoms with Crippen molar-refractivity contribution in [1.29, 1.82) is 5.41 Å². The third-order valence-corrected chi connectivity index (χ3v) is 2.87. The monoisotopic (exact) mass is 527 g/mol. The van der Waals surface area contributed by atoms with Gasteiger partial charge >= 0.3 is 35.3 Å². The van der Waals surface area contributed by atoms with Gasteiger partial charge in [0.25, 0.3) is 0 Å². The fraction of sp³-hybridized carbons (Fsp3) is 0. The maximum absolute atomic E-state index is 9.03. The number of halogens is 2. The van der Waals surface area contributed by atoms with Crippen LogP contribution in [0.4, 0.5) is 0 Å². The normalized spacial score (nSPS) is 10.2. The Hall–Kier alpha value is -1.61. The zero-order valence-electron chi connectivity index (χ0n) is 11.9. The summed E-state index contributed by atoms with van der Waals surface area (Å²) in [5, 5.41) is 16.4. The fourth-order valence-corrected chi connectivity index (χ4v) is 1.72. The van der Waals surface area contributed by atoms with E-state index >= 15 is 0 Å². The standard InChI is InChI=1S/C16H14N4.2ClH.Pt/c17-15(18)13-7-3-11(4-8-13)1-2-12-5-9-14(10-6-12)16(19)20;;;/h1-10H,(H4-2,17,18,19,20);2*1H;/q-2;;;+4/p-2. The first kappa shape index (κ1) is 19.4. The molecule has 0 saturated carbocycles. The van der Waals surface area contributed by atoms with Gasteiger partial charge in [-0.3, -0.25) is 11.2 Å². The van der Waals surface area contributed by atoms with Gasteiger partial charge in [-0.15, -0.1) is 0 Å². The van der Waals surface area contributed by atoms with Crippen LogP contribution in [-0.4, -0.2) is 11.7 Å². The van der Waals surface area contributed by atoms with Crippen molar-refractivity contribution in [2.45, 2.75) is 0 Å². The van der Waals surface area contributed by atoms with Crippen molar-refractivity contribution in [3.8, 4) is 0 Å². The Bertz CT molecular complexity index is 623. The van der Waals surface area contributed by atoms with Gasteiger partial charge in [-0.2, -0.15) is 0 Å². The zero-order valence-corrected chi connectivity index (χ0v) is 15.7. The summed E-state index contributed by atoms with van der Waals surface area (Å²) in [5.74, 6) is -0.372. The molecule has 0 fully saturated rings. The van der Waals surface area contributed by atoms with Crippen LogP contribution in [0, 0.1) is 5.41 Å². The average molecular weight is 528 g/mol. The molecule has 122 valence electrons. The molecule has 2 aromatic carbocycles. The number of rotatable bonds is 4. The van der Waals surface area contributed by atoms with Gasteiger partial charge in [0.15, 0.2) is 0 Å². The van der Waals surface area contributed by atoms with Crippen LogP contribution in [-0.2, 0) is 16.5 Å². The number of nitrogen functional groups attached to an aromatic ring is 1. The van der Waals surface area contributed by atoms with Gasteiger partial charge in [-0.1, -0.05) is 66.2 Å². The second kappa shape index (κ2) is 10.2. The molecular weight excluding hydrogens is 514 g/mol. The number of benzene rings is 2. The van der Waals surface area contributed by atoms with Crippen LogP contribution in [0.1, 0.15) is 22.3 Å². The Kier molecular flexibility index (Phi) is 8.63. The topological polar surface area (TPSA) is 96.0 Å². The predicted molar refractivity (Wildman–Crippen MR) is 96.3 cm³/mol. The van der Waals surface area contributed by atoms with Crippen molar-refractivity contribution >= 4 is 42.7 Å². The maximum atomic E-state index is 9.03. The molecule has 0 radical (unpaired) electrons. The van der Waals surface area contributed by atoms with Crippen LogP contribution < -0.4 is 5.73 Å². The smallest absolute Gasteiger partial charge is 0.122 e. The van der Waals surface area contributed by atoms with Gasteiger partial charge < -0.3 is 16.9 Å². The zero-order chi connectivity index (χ0) is 17.2. The minimum Gasteiger partial charge on any atom is -0.824 e. The van der Waals surface area contributed by atoms with Crippen LogP contribution in [0.5, 0.6) is 0 Å². The van der Waals surface area contributed by atoms with Crippen molar-refractivity contribution in [2.75, 3.05) is 0 Å². The van der Waals surface area contributed by atoms with Crippen LogP contribution in [0.2, 0.25) is 0 Å². The number of amidine groups is 2. The molecular formula is C16H14Cl2N4Pt. The van der Waals surface area contributed by atoms with E-state index in [0.29, 0.717) is 11.1 Å². The van der Waals surface area contributed by atoms with E-state index in [1.165, 1.54) is 0 Å². The molecule has 0 bridgehead atoms. The molecule has 0 aliphatic heterocycles. The molecule has 0 saturated heterocycles. The van der Waals surface area contributed by atoms with Gasteiger partial charge in [0, 0.05) is 5.56 Å². The number of hydrogen-bond acceptors (Lipinski definition) is 1.